The summed E-state index contributed by atoms with van der Waals surface area (Å²) in [4.78, 5) is 23.0. The van der Waals surface area contributed by atoms with Crippen LogP contribution in [-0.2, 0) is 0 Å². The Balaban J connectivity index is 2.01. The van der Waals surface area contributed by atoms with Crippen LogP contribution in [0.15, 0.2) is 5.38 Å². The number of amides is 2. The molecule has 98 valence electrons. The van der Waals surface area contributed by atoms with Gasteiger partial charge in [-0.05, 0) is 30.7 Å². The van der Waals surface area contributed by atoms with Gasteiger partial charge in [-0.25, -0.2) is 9.59 Å². The van der Waals surface area contributed by atoms with E-state index in [0.29, 0.717) is 5.69 Å². The minimum atomic E-state index is -1.01. The summed E-state index contributed by atoms with van der Waals surface area (Å²) in [5.74, 6) is -1.01. The van der Waals surface area contributed by atoms with E-state index in [0.717, 1.165) is 42.6 Å². The van der Waals surface area contributed by atoms with E-state index in [4.69, 9.17) is 5.11 Å². The van der Waals surface area contributed by atoms with Crippen molar-refractivity contribution in [1.82, 2.24) is 5.32 Å². The Hall–Kier alpha value is -1.56. The zero-order chi connectivity index (χ0) is 13.1. The number of carboxylic acid groups (broad SMARTS) is 1. The van der Waals surface area contributed by atoms with Crippen molar-refractivity contribution in [2.75, 3.05) is 5.32 Å². The van der Waals surface area contributed by atoms with Crippen LogP contribution in [0.4, 0.5) is 10.5 Å². The number of carbonyl (C=O) groups is 2. The van der Waals surface area contributed by atoms with E-state index in [1.54, 1.807) is 12.3 Å². The molecule has 0 spiro atoms. The molecule has 0 unspecified atom stereocenters. The van der Waals surface area contributed by atoms with Gasteiger partial charge in [0.05, 0.1) is 5.69 Å². The molecule has 1 heterocycles. The number of urea groups is 1. The van der Waals surface area contributed by atoms with Crippen molar-refractivity contribution in [3.05, 3.63) is 15.8 Å². The van der Waals surface area contributed by atoms with Gasteiger partial charge >= 0.3 is 12.0 Å². The maximum Gasteiger partial charge on any atom is 0.348 e. The van der Waals surface area contributed by atoms with Crippen LogP contribution in [-0.4, -0.2) is 23.1 Å². The first-order valence-electron chi connectivity index (χ1n) is 5.97. The van der Waals surface area contributed by atoms with Gasteiger partial charge in [0, 0.05) is 6.04 Å². The minimum Gasteiger partial charge on any atom is -0.477 e. The monoisotopic (exact) mass is 268 g/mol. The fraction of sp³-hybridized carbons (Fsp3) is 0.500. The predicted molar refractivity (Wildman–Crippen MR) is 70.4 cm³/mol. The number of aryl methyl sites for hydroxylation is 1. The molecule has 6 heteroatoms. The zero-order valence-corrected chi connectivity index (χ0v) is 11.0. The van der Waals surface area contributed by atoms with Crippen LogP contribution in [0.1, 0.15) is 40.9 Å². The van der Waals surface area contributed by atoms with Gasteiger partial charge in [0.15, 0.2) is 0 Å². The van der Waals surface area contributed by atoms with E-state index in [2.05, 4.69) is 10.6 Å². The molecular weight excluding hydrogens is 252 g/mol. The number of thiophene rings is 1. The summed E-state index contributed by atoms with van der Waals surface area (Å²) in [5.41, 5.74) is 1.18. The Kier molecular flexibility index (Phi) is 3.86. The second kappa shape index (κ2) is 5.39. The molecule has 2 rings (SSSR count). The first-order valence-corrected chi connectivity index (χ1v) is 6.85. The van der Waals surface area contributed by atoms with Crippen LogP contribution in [0.5, 0.6) is 0 Å². The van der Waals surface area contributed by atoms with Gasteiger partial charge in [0.1, 0.15) is 4.88 Å². The lowest BCUT2D eigenvalue weighted by atomic mass is 10.2. The van der Waals surface area contributed by atoms with Crippen LogP contribution in [0.2, 0.25) is 0 Å². The van der Waals surface area contributed by atoms with E-state index in [-0.39, 0.29) is 17.0 Å². The smallest absolute Gasteiger partial charge is 0.348 e. The Morgan fingerprint density at radius 2 is 2.06 bits per heavy atom. The molecule has 2 amide bonds. The number of carbonyl (C=O) groups excluding carboxylic acids is 1. The van der Waals surface area contributed by atoms with Gasteiger partial charge < -0.3 is 15.7 Å². The molecule has 0 aromatic carbocycles. The van der Waals surface area contributed by atoms with E-state index < -0.39 is 5.97 Å². The van der Waals surface area contributed by atoms with Crippen LogP contribution in [0, 0.1) is 6.92 Å². The first-order chi connectivity index (χ1) is 8.58. The first kappa shape index (κ1) is 12.9. The molecule has 0 saturated heterocycles. The molecule has 0 atom stereocenters. The van der Waals surface area contributed by atoms with Gasteiger partial charge in [0.2, 0.25) is 0 Å². The van der Waals surface area contributed by atoms with Crippen LogP contribution in [0.3, 0.4) is 0 Å². The largest absolute Gasteiger partial charge is 0.477 e. The average Bonchev–Trinajstić information content (AvgIpc) is 2.90. The van der Waals surface area contributed by atoms with Crippen molar-refractivity contribution in [3.8, 4) is 0 Å². The number of nitrogens with one attached hydrogen (secondary N) is 2. The maximum atomic E-state index is 11.8. The number of aromatic carboxylic acids is 1. The molecule has 0 radical (unpaired) electrons. The molecule has 1 aliphatic carbocycles. The lowest BCUT2D eigenvalue weighted by Crippen LogP contribution is -2.36. The second-order valence-electron chi connectivity index (χ2n) is 4.51. The molecule has 0 aliphatic heterocycles. The minimum absolute atomic E-state index is 0.175. The third kappa shape index (κ3) is 2.81. The van der Waals surface area contributed by atoms with Crippen molar-refractivity contribution in [3.63, 3.8) is 0 Å². The predicted octanol–water partition coefficient (Wildman–Crippen LogP) is 2.82. The average molecular weight is 268 g/mol. The summed E-state index contributed by atoms with van der Waals surface area (Å²) < 4.78 is 0. The van der Waals surface area contributed by atoms with Gasteiger partial charge in [0.25, 0.3) is 0 Å². The van der Waals surface area contributed by atoms with E-state index in [1.165, 1.54) is 0 Å². The number of carboxylic acids is 1. The summed E-state index contributed by atoms with van der Waals surface area (Å²) in [6, 6.07) is -0.0943. The Labute approximate surface area is 109 Å². The van der Waals surface area contributed by atoms with Crippen LogP contribution in [0.25, 0.3) is 0 Å². The van der Waals surface area contributed by atoms with Crippen molar-refractivity contribution in [2.45, 2.75) is 38.6 Å². The molecule has 0 bridgehead atoms. The molecule has 1 fully saturated rings. The highest BCUT2D eigenvalue weighted by molar-refractivity contribution is 7.12. The summed E-state index contributed by atoms with van der Waals surface area (Å²) >= 11 is 1.13. The number of anilines is 1. The number of hydrogen-bond acceptors (Lipinski definition) is 3. The maximum absolute atomic E-state index is 11.8. The Morgan fingerprint density at radius 1 is 1.39 bits per heavy atom. The normalized spacial score (nSPS) is 15.6. The number of hydrogen-bond donors (Lipinski definition) is 3. The Bertz CT molecular complexity index is 464. The molecule has 1 aromatic heterocycles. The molecule has 18 heavy (non-hydrogen) atoms. The van der Waals surface area contributed by atoms with Crippen molar-refractivity contribution in [1.29, 1.82) is 0 Å². The fourth-order valence-electron chi connectivity index (χ4n) is 2.16. The highest BCUT2D eigenvalue weighted by Gasteiger charge is 2.20. The van der Waals surface area contributed by atoms with Gasteiger partial charge in [-0.2, -0.15) is 0 Å². The van der Waals surface area contributed by atoms with Crippen molar-refractivity contribution < 1.29 is 14.7 Å². The topological polar surface area (TPSA) is 78.4 Å². The molecule has 1 aromatic rings. The lowest BCUT2D eigenvalue weighted by molar-refractivity contribution is 0.0703. The third-order valence-electron chi connectivity index (χ3n) is 3.10. The number of rotatable bonds is 3. The quantitative estimate of drug-likeness (QED) is 0.788. The van der Waals surface area contributed by atoms with Gasteiger partial charge in [-0.3, -0.25) is 0 Å². The van der Waals surface area contributed by atoms with Crippen LogP contribution < -0.4 is 10.6 Å². The van der Waals surface area contributed by atoms with Gasteiger partial charge in [-0.1, -0.05) is 12.8 Å². The molecule has 1 aliphatic rings. The molecule has 5 nitrogen and oxygen atoms in total. The Morgan fingerprint density at radius 3 is 2.67 bits per heavy atom. The highest BCUT2D eigenvalue weighted by atomic mass is 32.1. The fourth-order valence-corrected chi connectivity index (χ4v) is 3.01. The summed E-state index contributed by atoms with van der Waals surface area (Å²) in [6.45, 7) is 1.79. The van der Waals surface area contributed by atoms with Gasteiger partial charge in [-0.15, -0.1) is 11.3 Å². The molecular formula is C12H16N2O3S. The lowest BCUT2D eigenvalue weighted by Gasteiger charge is -2.13. The SMILES string of the molecule is Cc1csc(C(=O)O)c1NC(=O)NC1CCCC1. The highest BCUT2D eigenvalue weighted by Crippen LogP contribution is 2.27. The summed E-state index contributed by atoms with van der Waals surface area (Å²) in [7, 11) is 0. The summed E-state index contributed by atoms with van der Waals surface area (Å²) in [5, 5.41) is 16.3. The molecule has 1 saturated carbocycles. The van der Waals surface area contributed by atoms with E-state index >= 15 is 0 Å². The standard InChI is InChI=1S/C12H16N2O3S/c1-7-6-18-10(11(15)16)9(7)14-12(17)13-8-4-2-3-5-8/h6,8H,2-5H2,1H3,(H,15,16)(H2,13,14,17). The zero-order valence-electron chi connectivity index (χ0n) is 10.2. The van der Waals surface area contributed by atoms with E-state index in [9.17, 15) is 9.59 Å². The van der Waals surface area contributed by atoms with Crippen molar-refractivity contribution in [2.24, 2.45) is 0 Å². The second-order valence-corrected chi connectivity index (χ2v) is 5.39. The molecule has 3 N–H and O–H groups in total. The van der Waals surface area contributed by atoms with Crippen molar-refractivity contribution >= 4 is 29.0 Å². The summed E-state index contributed by atoms with van der Waals surface area (Å²) in [6.07, 6.45) is 4.29. The third-order valence-corrected chi connectivity index (χ3v) is 4.18. The van der Waals surface area contributed by atoms with E-state index in [1.807, 2.05) is 0 Å². The van der Waals surface area contributed by atoms with Crippen LogP contribution >= 0.6 is 11.3 Å².